The van der Waals surface area contributed by atoms with Crippen LogP contribution >= 0.6 is 0 Å². The first-order chi connectivity index (χ1) is 9.97. The second-order valence-corrected chi connectivity index (χ2v) is 6.62. The summed E-state index contributed by atoms with van der Waals surface area (Å²) >= 11 is 0. The Hall–Kier alpha value is -1.30. The Morgan fingerprint density at radius 3 is 2.29 bits per heavy atom. The molecule has 2 fully saturated rings. The fraction of sp³-hybridized carbons (Fsp3) is 0.867. The largest absolute Gasteiger partial charge is 0.349 e. The van der Waals surface area contributed by atoms with Crippen molar-refractivity contribution in [1.82, 2.24) is 15.1 Å². The number of urea groups is 1. The summed E-state index contributed by atoms with van der Waals surface area (Å²) in [6.45, 7) is 1.84. The highest BCUT2D eigenvalue weighted by molar-refractivity contribution is 5.80. The standard InChI is InChI=1S/C15H28N4O2/c1-18(2)14(21)19-9-5-12(6-10-19)13(20)17-15(11-16)7-3-4-8-15/h12H,3-11,16H2,1-2H3,(H,17,20). The SMILES string of the molecule is CN(C)C(=O)N1CCC(C(=O)NC2(CN)CCCC2)CC1. The van der Waals surface area contributed by atoms with Crippen LogP contribution in [0.15, 0.2) is 0 Å². The monoisotopic (exact) mass is 296 g/mol. The van der Waals surface area contributed by atoms with E-state index in [1.165, 1.54) is 0 Å². The topological polar surface area (TPSA) is 78.7 Å². The second kappa shape index (κ2) is 6.64. The van der Waals surface area contributed by atoms with Crippen LogP contribution in [0.4, 0.5) is 4.79 Å². The molecule has 1 saturated carbocycles. The molecule has 2 aliphatic rings. The lowest BCUT2D eigenvalue weighted by atomic mass is 9.92. The molecule has 21 heavy (non-hydrogen) atoms. The van der Waals surface area contributed by atoms with E-state index >= 15 is 0 Å². The van der Waals surface area contributed by atoms with Crippen LogP contribution in [-0.2, 0) is 4.79 Å². The van der Waals surface area contributed by atoms with Crippen LogP contribution in [0.3, 0.4) is 0 Å². The van der Waals surface area contributed by atoms with E-state index in [0.717, 1.165) is 38.5 Å². The number of likely N-dealkylation sites (tertiary alicyclic amines) is 1. The summed E-state index contributed by atoms with van der Waals surface area (Å²) in [6.07, 6.45) is 5.76. The van der Waals surface area contributed by atoms with E-state index in [2.05, 4.69) is 5.32 Å². The Morgan fingerprint density at radius 1 is 1.24 bits per heavy atom. The van der Waals surface area contributed by atoms with E-state index in [1.54, 1.807) is 19.0 Å². The maximum Gasteiger partial charge on any atom is 0.319 e. The van der Waals surface area contributed by atoms with Gasteiger partial charge in [-0.2, -0.15) is 0 Å². The molecule has 1 aliphatic heterocycles. The summed E-state index contributed by atoms with van der Waals surface area (Å²) in [5, 5.41) is 3.20. The van der Waals surface area contributed by atoms with Crippen molar-refractivity contribution in [3.8, 4) is 0 Å². The summed E-state index contributed by atoms with van der Waals surface area (Å²) in [5.41, 5.74) is 5.70. The molecule has 0 bridgehead atoms. The predicted molar refractivity (Wildman–Crippen MR) is 81.8 cm³/mol. The molecule has 1 heterocycles. The van der Waals surface area contributed by atoms with E-state index in [4.69, 9.17) is 5.73 Å². The number of rotatable bonds is 3. The van der Waals surface area contributed by atoms with Gasteiger partial charge < -0.3 is 20.9 Å². The van der Waals surface area contributed by atoms with Gasteiger partial charge in [-0.1, -0.05) is 12.8 Å². The summed E-state index contributed by atoms with van der Waals surface area (Å²) in [4.78, 5) is 27.7. The fourth-order valence-electron chi connectivity index (χ4n) is 3.41. The number of amides is 3. The summed E-state index contributed by atoms with van der Waals surface area (Å²) in [5.74, 6) is 0.138. The van der Waals surface area contributed by atoms with E-state index < -0.39 is 0 Å². The number of carbonyl (C=O) groups excluding carboxylic acids is 2. The van der Waals surface area contributed by atoms with Gasteiger partial charge in [-0.3, -0.25) is 4.79 Å². The molecule has 1 aliphatic carbocycles. The summed E-state index contributed by atoms with van der Waals surface area (Å²) < 4.78 is 0. The van der Waals surface area contributed by atoms with Gasteiger partial charge in [-0.25, -0.2) is 4.79 Å². The Labute approximate surface area is 127 Å². The van der Waals surface area contributed by atoms with E-state index in [9.17, 15) is 9.59 Å². The van der Waals surface area contributed by atoms with Gasteiger partial charge in [0.1, 0.15) is 0 Å². The average molecular weight is 296 g/mol. The number of nitrogens with zero attached hydrogens (tertiary/aromatic N) is 2. The number of nitrogens with two attached hydrogens (primary N) is 1. The minimum atomic E-state index is -0.173. The first-order valence-electron chi connectivity index (χ1n) is 7.96. The van der Waals surface area contributed by atoms with Gasteiger partial charge in [0.15, 0.2) is 0 Å². The molecule has 2 rings (SSSR count). The first-order valence-corrected chi connectivity index (χ1v) is 7.96. The van der Waals surface area contributed by atoms with E-state index in [0.29, 0.717) is 19.6 Å². The van der Waals surface area contributed by atoms with Crippen LogP contribution in [0.2, 0.25) is 0 Å². The normalized spacial score (nSPS) is 22.1. The molecule has 6 heteroatoms. The van der Waals surface area contributed by atoms with Gasteiger partial charge in [-0.15, -0.1) is 0 Å². The first kappa shape index (κ1) is 16.1. The fourth-order valence-corrected chi connectivity index (χ4v) is 3.41. The molecular formula is C15H28N4O2. The lowest BCUT2D eigenvalue weighted by molar-refractivity contribution is -0.128. The number of hydrogen-bond donors (Lipinski definition) is 2. The Bertz CT molecular complexity index is 383. The smallest absolute Gasteiger partial charge is 0.319 e. The van der Waals surface area contributed by atoms with Crippen molar-refractivity contribution in [2.24, 2.45) is 11.7 Å². The Morgan fingerprint density at radius 2 is 1.81 bits per heavy atom. The van der Waals surface area contributed by atoms with Crippen LogP contribution in [0, 0.1) is 5.92 Å². The molecule has 0 radical (unpaired) electrons. The highest BCUT2D eigenvalue weighted by atomic mass is 16.2. The van der Waals surface area contributed by atoms with E-state index in [-0.39, 0.29) is 23.4 Å². The molecule has 0 aromatic rings. The number of hydrogen-bond acceptors (Lipinski definition) is 3. The molecule has 3 amide bonds. The van der Waals surface area contributed by atoms with Crippen molar-refractivity contribution in [3.63, 3.8) is 0 Å². The van der Waals surface area contributed by atoms with Crippen LogP contribution in [0.1, 0.15) is 38.5 Å². The highest BCUT2D eigenvalue weighted by Crippen LogP contribution is 2.29. The average Bonchev–Trinajstić information content (AvgIpc) is 2.95. The zero-order valence-corrected chi connectivity index (χ0v) is 13.2. The third-order valence-corrected chi connectivity index (χ3v) is 4.86. The zero-order chi connectivity index (χ0) is 15.5. The summed E-state index contributed by atoms with van der Waals surface area (Å²) in [7, 11) is 3.51. The maximum absolute atomic E-state index is 12.4. The molecule has 0 atom stereocenters. The molecule has 0 aromatic heterocycles. The van der Waals surface area contributed by atoms with Gasteiger partial charge in [0.25, 0.3) is 0 Å². The van der Waals surface area contributed by atoms with Crippen molar-refractivity contribution >= 4 is 11.9 Å². The molecule has 120 valence electrons. The van der Waals surface area contributed by atoms with Crippen LogP contribution in [-0.4, -0.2) is 61.0 Å². The van der Waals surface area contributed by atoms with Crippen molar-refractivity contribution in [2.45, 2.75) is 44.1 Å². The minimum Gasteiger partial charge on any atom is -0.349 e. The van der Waals surface area contributed by atoms with Crippen LogP contribution in [0.5, 0.6) is 0 Å². The third-order valence-electron chi connectivity index (χ3n) is 4.86. The van der Waals surface area contributed by atoms with Crippen molar-refractivity contribution < 1.29 is 9.59 Å². The molecule has 0 aromatic carbocycles. The van der Waals surface area contributed by atoms with Crippen molar-refractivity contribution in [2.75, 3.05) is 33.7 Å². The summed E-state index contributed by atoms with van der Waals surface area (Å²) in [6, 6.07) is 0.0306. The lowest BCUT2D eigenvalue weighted by Gasteiger charge is -2.35. The maximum atomic E-state index is 12.4. The minimum absolute atomic E-state index is 0.0141. The predicted octanol–water partition coefficient (Wildman–Crippen LogP) is 0.768. The molecule has 3 N–H and O–H groups in total. The van der Waals surface area contributed by atoms with Gasteiger partial charge in [0.05, 0.1) is 5.54 Å². The van der Waals surface area contributed by atoms with Gasteiger partial charge in [0.2, 0.25) is 5.91 Å². The Balaban J connectivity index is 1.84. The molecule has 0 unspecified atom stereocenters. The van der Waals surface area contributed by atoms with Gasteiger partial charge in [0, 0.05) is 39.6 Å². The van der Waals surface area contributed by atoms with Gasteiger partial charge in [-0.05, 0) is 25.7 Å². The van der Waals surface area contributed by atoms with Crippen molar-refractivity contribution in [1.29, 1.82) is 0 Å². The number of carbonyl (C=O) groups is 2. The zero-order valence-electron chi connectivity index (χ0n) is 13.2. The second-order valence-electron chi connectivity index (χ2n) is 6.62. The molecule has 1 saturated heterocycles. The quantitative estimate of drug-likeness (QED) is 0.807. The van der Waals surface area contributed by atoms with E-state index in [1.807, 2.05) is 4.90 Å². The van der Waals surface area contributed by atoms with Gasteiger partial charge >= 0.3 is 6.03 Å². The highest BCUT2D eigenvalue weighted by Gasteiger charge is 2.36. The molecular weight excluding hydrogens is 268 g/mol. The number of piperidine rings is 1. The van der Waals surface area contributed by atoms with Crippen molar-refractivity contribution in [3.05, 3.63) is 0 Å². The van der Waals surface area contributed by atoms with Crippen LogP contribution < -0.4 is 11.1 Å². The molecule has 0 spiro atoms. The lowest BCUT2D eigenvalue weighted by Crippen LogP contribution is -2.54. The van der Waals surface area contributed by atoms with Crippen LogP contribution in [0.25, 0.3) is 0 Å². The Kier molecular flexibility index (Phi) is 5.08. The molecule has 6 nitrogen and oxygen atoms in total. The third kappa shape index (κ3) is 3.67. The number of nitrogens with one attached hydrogen (secondary N) is 1.